The summed E-state index contributed by atoms with van der Waals surface area (Å²) in [6.07, 6.45) is 0.229. The van der Waals surface area contributed by atoms with Gasteiger partial charge in [-0.3, -0.25) is 4.79 Å². The number of carbonyl (C=O) groups is 3. The molecular formula is C11H20N2O5. The van der Waals surface area contributed by atoms with Crippen molar-refractivity contribution in [3.8, 4) is 0 Å². The fourth-order valence-corrected chi connectivity index (χ4v) is 1.12. The first-order valence-corrected chi connectivity index (χ1v) is 5.71. The van der Waals surface area contributed by atoms with Crippen LogP contribution in [0.15, 0.2) is 0 Å². The Kier molecular flexibility index (Phi) is 6.15. The highest BCUT2D eigenvalue weighted by molar-refractivity contribution is 5.83. The molecule has 18 heavy (non-hydrogen) atoms. The maximum atomic E-state index is 11.5. The monoisotopic (exact) mass is 260 g/mol. The molecule has 0 fully saturated rings. The third-order valence-corrected chi connectivity index (χ3v) is 2.59. The SMILES string of the molecule is CCC(C)(C)NC(=O)NC(CCC(=O)O)C(=O)O. The Morgan fingerprint density at radius 1 is 1.22 bits per heavy atom. The summed E-state index contributed by atoms with van der Waals surface area (Å²) in [7, 11) is 0. The van der Waals surface area contributed by atoms with E-state index in [9.17, 15) is 14.4 Å². The van der Waals surface area contributed by atoms with Crippen molar-refractivity contribution >= 4 is 18.0 Å². The molecule has 0 rings (SSSR count). The number of urea groups is 1. The van der Waals surface area contributed by atoms with Crippen LogP contribution < -0.4 is 10.6 Å². The first-order valence-electron chi connectivity index (χ1n) is 5.71. The third-order valence-electron chi connectivity index (χ3n) is 2.59. The molecule has 0 spiro atoms. The summed E-state index contributed by atoms with van der Waals surface area (Å²) < 4.78 is 0. The molecule has 1 atom stereocenters. The van der Waals surface area contributed by atoms with Gasteiger partial charge in [-0.15, -0.1) is 0 Å². The molecule has 0 aliphatic carbocycles. The second-order valence-electron chi connectivity index (χ2n) is 4.66. The number of carbonyl (C=O) groups excluding carboxylic acids is 1. The lowest BCUT2D eigenvalue weighted by molar-refractivity contribution is -0.140. The van der Waals surface area contributed by atoms with Gasteiger partial charge in [-0.1, -0.05) is 6.92 Å². The van der Waals surface area contributed by atoms with Gasteiger partial charge in [-0.05, 0) is 26.7 Å². The Balaban J connectivity index is 4.37. The van der Waals surface area contributed by atoms with Crippen molar-refractivity contribution in [2.24, 2.45) is 0 Å². The number of rotatable bonds is 7. The van der Waals surface area contributed by atoms with Gasteiger partial charge in [0, 0.05) is 12.0 Å². The molecule has 0 bridgehead atoms. The van der Waals surface area contributed by atoms with Crippen LogP contribution in [0.2, 0.25) is 0 Å². The lowest BCUT2D eigenvalue weighted by atomic mass is 10.0. The van der Waals surface area contributed by atoms with E-state index in [2.05, 4.69) is 10.6 Å². The summed E-state index contributed by atoms with van der Waals surface area (Å²) in [6.45, 7) is 5.50. The van der Waals surface area contributed by atoms with Crippen molar-refractivity contribution in [2.45, 2.75) is 51.6 Å². The highest BCUT2D eigenvalue weighted by Gasteiger charge is 2.24. The van der Waals surface area contributed by atoms with E-state index < -0.39 is 29.6 Å². The van der Waals surface area contributed by atoms with Crippen LogP contribution in [0.4, 0.5) is 4.79 Å². The zero-order valence-electron chi connectivity index (χ0n) is 10.8. The maximum absolute atomic E-state index is 11.5. The van der Waals surface area contributed by atoms with Crippen molar-refractivity contribution in [3.05, 3.63) is 0 Å². The number of aliphatic carboxylic acids is 2. The summed E-state index contributed by atoms with van der Waals surface area (Å²) >= 11 is 0. The van der Waals surface area contributed by atoms with E-state index in [4.69, 9.17) is 10.2 Å². The number of hydrogen-bond acceptors (Lipinski definition) is 3. The summed E-state index contributed by atoms with van der Waals surface area (Å²) in [5.74, 6) is -2.35. The molecule has 7 heteroatoms. The molecule has 4 N–H and O–H groups in total. The van der Waals surface area contributed by atoms with Gasteiger partial charge in [0.15, 0.2) is 0 Å². The molecule has 2 amide bonds. The molecular weight excluding hydrogens is 240 g/mol. The van der Waals surface area contributed by atoms with E-state index in [0.29, 0.717) is 6.42 Å². The average molecular weight is 260 g/mol. The number of carboxylic acid groups (broad SMARTS) is 2. The molecule has 0 aromatic rings. The minimum Gasteiger partial charge on any atom is -0.481 e. The summed E-state index contributed by atoms with van der Waals surface area (Å²) in [5.41, 5.74) is -0.445. The van der Waals surface area contributed by atoms with Crippen LogP contribution in [0.5, 0.6) is 0 Å². The fraction of sp³-hybridized carbons (Fsp3) is 0.727. The normalized spacial score (nSPS) is 12.6. The van der Waals surface area contributed by atoms with Gasteiger partial charge in [0.2, 0.25) is 0 Å². The second-order valence-corrected chi connectivity index (χ2v) is 4.66. The molecule has 0 aromatic carbocycles. The van der Waals surface area contributed by atoms with E-state index in [1.54, 1.807) is 13.8 Å². The standard InChI is InChI=1S/C11H20N2O5/c1-4-11(2,3)13-10(18)12-7(9(16)17)5-6-8(14)15/h7H,4-6H2,1-3H3,(H,14,15)(H,16,17)(H2,12,13,18). The molecule has 104 valence electrons. The van der Waals surface area contributed by atoms with Gasteiger partial charge < -0.3 is 20.8 Å². The van der Waals surface area contributed by atoms with Crippen molar-refractivity contribution in [3.63, 3.8) is 0 Å². The Morgan fingerprint density at radius 3 is 2.17 bits per heavy atom. The Hall–Kier alpha value is -1.79. The van der Waals surface area contributed by atoms with Crippen molar-refractivity contribution in [1.29, 1.82) is 0 Å². The highest BCUT2D eigenvalue weighted by Crippen LogP contribution is 2.06. The van der Waals surface area contributed by atoms with Gasteiger partial charge in [0.1, 0.15) is 6.04 Å². The molecule has 0 heterocycles. The van der Waals surface area contributed by atoms with E-state index in [0.717, 1.165) is 0 Å². The number of carboxylic acids is 2. The van der Waals surface area contributed by atoms with Crippen LogP contribution >= 0.6 is 0 Å². The minimum absolute atomic E-state index is 0.148. The predicted octanol–water partition coefficient (Wildman–Crippen LogP) is 0.792. The van der Waals surface area contributed by atoms with Gasteiger partial charge in [-0.25, -0.2) is 9.59 Å². The molecule has 0 saturated carbocycles. The smallest absolute Gasteiger partial charge is 0.326 e. The Bertz CT molecular complexity index is 327. The largest absolute Gasteiger partial charge is 0.481 e. The lowest BCUT2D eigenvalue weighted by Gasteiger charge is -2.25. The van der Waals surface area contributed by atoms with Crippen LogP contribution in [-0.4, -0.2) is 39.8 Å². The van der Waals surface area contributed by atoms with Crippen LogP contribution in [0.25, 0.3) is 0 Å². The number of hydrogen-bond donors (Lipinski definition) is 4. The van der Waals surface area contributed by atoms with Crippen molar-refractivity contribution in [1.82, 2.24) is 10.6 Å². The van der Waals surface area contributed by atoms with Crippen LogP contribution in [0, 0.1) is 0 Å². The molecule has 0 radical (unpaired) electrons. The minimum atomic E-state index is -1.25. The number of nitrogens with one attached hydrogen (secondary N) is 2. The number of amides is 2. The summed E-state index contributed by atoms with van der Waals surface area (Å²) in [6, 6.07) is -1.81. The summed E-state index contributed by atoms with van der Waals surface area (Å²) in [4.78, 5) is 32.8. The quantitative estimate of drug-likeness (QED) is 0.540. The Morgan fingerprint density at radius 2 is 1.78 bits per heavy atom. The van der Waals surface area contributed by atoms with Crippen LogP contribution in [-0.2, 0) is 9.59 Å². The van der Waals surface area contributed by atoms with Crippen LogP contribution in [0.1, 0.15) is 40.0 Å². The highest BCUT2D eigenvalue weighted by atomic mass is 16.4. The Labute approximate surface area is 106 Å². The average Bonchev–Trinajstić information content (AvgIpc) is 2.22. The van der Waals surface area contributed by atoms with Crippen molar-refractivity contribution in [2.75, 3.05) is 0 Å². The van der Waals surface area contributed by atoms with E-state index in [1.807, 2.05) is 6.92 Å². The van der Waals surface area contributed by atoms with Crippen LogP contribution in [0.3, 0.4) is 0 Å². The molecule has 1 unspecified atom stereocenters. The molecule has 0 saturated heterocycles. The van der Waals surface area contributed by atoms with E-state index in [1.165, 1.54) is 0 Å². The zero-order valence-corrected chi connectivity index (χ0v) is 10.8. The molecule has 0 aliphatic heterocycles. The first-order chi connectivity index (χ1) is 8.18. The molecule has 0 aliphatic rings. The molecule has 0 aromatic heterocycles. The lowest BCUT2D eigenvalue weighted by Crippen LogP contribution is -2.52. The molecule has 7 nitrogen and oxygen atoms in total. The zero-order chi connectivity index (χ0) is 14.3. The van der Waals surface area contributed by atoms with E-state index >= 15 is 0 Å². The van der Waals surface area contributed by atoms with E-state index in [-0.39, 0.29) is 12.8 Å². The summed E-state index contributed by atoms with van der Waals surface area (Å²) in [5, 5.41) is 22.2. The van der Waals surface area contributed by atoms with Crippen molar-refractivity contribution < 1.29 is 24.6 Å². The fourth-order valence-electron chi connectivity index (χ4n) is 1.12. The van der Waals surface area contributed by atoms with Gasteiger partial charge >= 0.3 is 18.0 Å². The predicted molar refractivity (Wildman–Crippen MR) is 64.3 cm³/mol. The van der Waals surface area contributed by atoms with Gasteiger partial charge in [-0.2, -0.15) is 0 Å². The topological polar surface area (TPSA) is 116 Å². The van der Waals surface area contributed by atoms with Gasteiger partial charge in [0.25, 0.3) is 0 Å². The third kappa shape index (κ3) is 6.72. The first kappa shape index (κ1) is 16.2. The maximum Gasteiger partial charge on any atom is 0.326 e. The van der Waals surface area contributed by atoms with Gasteiger partial charge in [0.05, 0.1) is 0 Å². The second kappa shape index (κ2) is 6.83.